The predicted octanol–water partition coefficient (Wildman–Crippen LogP) is 2.72. The van der Waals surface area contributed by atoms with Crippen LogP contribution >= 0.6 is 0 Å². The second-order valence-corrected chi connectivity index (χ2v) is 5.94. The van der Waals surface area contributed by atoms with Crippen molar-refractivity contribution >= 4 is 23.0 Å². The number of carbonyl (C=O) groups excluding carboxylic acids is 1. The van der Waals surface area contributed by atoms with Crippen LogP contribution in [0.1, 0.15) is 24.6 Å². The maximum absolute atomic E-state index is 12.2. The van der Waals surface area contributed by atoms with Crippen molar-refractivity contribution in [3.63, 3.8) is 0 Å². The summed E-state index contributed by atoms with van der Waals surface area (Å²) in [7, 11) is 3.30. The van der Waals surface area contributed by atoms with E-state index >= 15 is 0 Å². The lowest BCUT2D eigenvalue weighted by molar-refractivity contribution is -0.149. The second kappa shape index (κ2) is 6.04. The van der Waals surface area contributed by atoms with Gasteiger partial charge in [0, 0.05) is 11.1 Å². The van der Waals surface area contributed by atoms with Gasteiger partial charge in [-0.3, -0.25) is 9.69 Å². The van der Waals surface area contributed by atoms with E-state index in [9.17, 15) is 14.7 Å². The highest BCUT2D eigenvalue weighted by Gasteiger charge is 2.38. The van der Waals surface area contributed by atoms with Gasteiger partial charge in [0.05, 0.1) is 24.6 Å². The Morgan fingerprint density at radius 1 is 1.30 bits per heavy atom. The Morgan fingerprint density at radius 3 is 2.74 bits per heavy atom. The van der Waals surface area contributed by atoms with Gasteiger partial charge in [-0.15, -0.1) is 0 Å². The van der Waals surface area contributed by atoms with Crippen molar-refractivity contribution < 1.29 is 19.4 Å². The third-order valence-electron chi connectivity index (χ3n) is 4.62. The molecule has 2 atom stereocenters. The average molecular weight is 316 g/mol. The van der Waals surface area contributed by atoms with E-state index in [2.05, 4.69) is 0 Å². The Kier molecular flexibility index (Phi) is 4.09. The van der Waals surface area contributed by atoms with Gasteiger partial charge in [0.25, 0.3) is 0 Å². The third-order valence-corrected chi connectivity index (χ3v) is 4.62. The Balaban J connectivity index is 2.18. The minimum absolute atomic E-state index is 0.288. The first kappa shape index (κ1) is 15.6. The largest absolute Gasteiger partial charge is 0.469 e. The first-order valence-electron chi connectivity index (χ1n) is 7.66. The first-order valence-corrected chi connectivity index (χ1v) is 7.66. The number of piperidine rings is 1. The van der Waals surface area contributed by atoms with Crippen molar-refractivity contribution in [1.29, 1.82) is 0 Å². The number of fused-ring (bicyclic) bond motifs is 1. The van der Waals surface area contributed by atoms with Crippen molar-refractivity contribution in [2.24, 2.45) is 5.92 Å². The Hall–Kier alpha value is -2.34. The molecule has 1 aliphatic heterocycles. The van der Waals surface area contributed by atoms with E-state index in [4.69, 9.17) is 4.74 Å². The molecular formula is C17H20N2O4. The summed E-state index contributed by atoms with van der Waals surface area (Å²) in [6.45, 7) is 0.819. The fourth-order valence-electron chi connectivity index (χ4n) is 3.60. The van der Waals surface area contributed by atoms with Crippen LogP contribution in [0.25, 0.3) is 10.9 Å². The molecule has 0 spiro atoms. The van der Waals surface area contributed by atoms with E-state index in [-0.39, 0.29) is 17.9 Å². The minimum atomic E-state index is -1.04. The number of hydrogen-bond acceptors (Lipinski definition) is 4. The number of hydrogen-bond donors (Lipinski definition) is 1. The fourth-order valence-corrected chi connectivity index (χ4v) is 3.60. The van der Waals surface area contributed by atoms with E-state index in [1.807, 2.05) is 36.2 Å². The molecule has 0 radical (unpaired) electrons. The molecule has 122 valence electrons. The molecule has 1 saturated heterocycles. The monoisotopic (exact) mass is 316 g/mol. The third kappa shape index (κ3) is 2.59. The number of esters is 1. The number of nitrogens with zero attached hydrogens (tertiary/aromatic N) is 2. The summed E-state index contributed by atoms with van der Waals surface area (Å²) in [6.07, 6.45) is 0.548. The van der Waals surface area contributed by atoms with Crippen LogP contribution in [-0.2, 0) is 9.53 Å². The first-order chi connectivity index (χ1) is 11.0. The van der Waals surface area contributed by atoms with E-state index in [0.717, 1.165) is 18.4 Å². The number of aromatic nitrogens is 1. The van der Waals surface area contributed by atoms with Crippen LogP contribution in [0.4, 0.5) is 4.79 Å². The van der Waals surface area contributed by atoms with Crippen LogP contribution in [0.3, 0.4) is 0 Å². The summed E-state index contributed by atoms with van der Waals surface area (Å²) in [5.41, 5.74) is 1.26. The number of carbonyl (C=O) groups is 2. The smallest absolute Gasteiger partial charge is 0.416 e. The molecule has 2 heterocycles. The molecule has 6 nitrogen and oxygen atoms in total. The Labute approximate surface area is 134 Å². The van der Waals surface area contributed by atoms with Gasteiger partial charge in [0.15, 0.2) is 0 Å². The van der Waals surface area contributed by atoms with Gasteiger partial charge in [0.2, 0.25) is 0 Å². The quantitative estimate of drug-likeness (QED) is 0.863. The van der Waals surface area contributed by atoms with Crippen LogP contribution in [0.15, 0.2) is 30.3 Å². The van der Waals surface area contributed by atoms with E-state index < -0.39 is 6.09 Å². The lowest BCUT2D eigenvalue weighted by atomic mass is 9.87. The van der Waals surface area contributed by atoms with E-state index in [1.54, 1.807) is 6.07 Å². The SMILES string of the molecule is COC(=O)C1CCCN(C)C1c1cc2ccccc2n1C(=O)O. The summed E-state index contributed by atoms with van der Waals surface area (Å²) in [5, 5.41) is 10.5. The van der Waals surface area contributed by atoms with Gasteiger partial charge < -0.3 is 9.84 Å². The molecule has 0 saturated carbocycles. The van der Waals surface area contributed by atoms with Gasteiger partial charge >= 0.3 is 12.1 Å². The van der Waals surface area contributed by atoms with Gasteiger partial charge in [-0.05, 0) is 38.6 Å². The lowest BCUT2D eigenvalue weighted by Crippen LogP contribution is -2.41. The molecule has 1 N–H and O–H groups in total. The normalized spacial score (nSPS) is 22.2. The highest BCUT2D eigenvalue weighted by Crippen LogP contribution is 2.38. The van der Waals surface area contributed by atoms with Crippen molar-refractivity contribution in [3.8, 4) is 0 Å². The fraction of sp³-hybridized carbons (Fsp3) is 0.412. The molecule has 3 rings (SSSR count). The van der Waals surface area contributed by atoms with Gasteiger partial charge in [-0.1, -0.05) is 18.2 Å². The maximum atomic E-state index is 12.2. The highest BCUT2D eigenvalue weighted by atomic mass is 16.5. The number of ether oxygens (including phenoxy) is 1. The molecule has 1 aromatic carbocycles. The summed E-state index contributed by atoms with van der Waals surface area (Å²) in [5.74, 6) is -0.648. The molecule has 6 heteroatoms. The van der Waals surface area contributed by atoms with Crippen molar-refractivity contribution in [1.82, 2.24) is 9.47 Å². The second-order valence-electron chi connectivity index (χ2n) is 5.94. The van der Waals surface area contributed by atoms with Crippen LogP contribution < -0.4 is 0 Å². The number of benzene rings is 1. The van der Waals surface area contributed by atoms with Crippen LogP contribution in [0.5, 0.6) is 0 Å². The predicted molar refractivity (Wildman–Crippen MR) is 85.5 cm³/mol. The molecule has 1 aromatic heterocycles. The highest BCUT2D eigenvalue weighted by molar-refractivity contribution is 5.90. The molecular weight excluding hydrogens is 296 g/mol. The summed E-state index contributed by atoms with van der Waals surface area (Å²) in [6, 6.07) is 8.91. The van der Waals surface area contributed by atoms with E-state index in [1.165, 1.54) is 11.7 Å². The summed E-state index contributed by atoms with van der Waals surface area (Å²) in [4.78, 5) is 26.0. The lowest BCUT2D eigenvalue weighted by Gasteiger charge is -2.37. The van der Waals surface area contributed by atoms with Crippen molar-refractivity contribution in [2.45, 2.75) is 18.9 Å². The number of methoxy groups -OCH3 is 1. The molecule has 1 fully saturated rings. The van der Waals surface area contributed by atoms with Gasteiger partial charge in [-0.25, -0.2) is 9.36 Å². The van der Waals surface area contributed by atoms with Crippen LogP contribution in [0.2, 0.25) is 0 Å². The van der Waals surface area contributed by atoms with Crippen molar-refractivity contribution in [2.75, 3.05) is 20.7 Å². The summed E-state index contributed by atoms with van der Waals surface area (Å²) < 4.78 is 6.23. The zero-order chi connectivity index (χ0) is 16.6. The zero-order valence-electron chi connectivity index (χ0n) is 13.2. The molecule has 0 aliphatic carbocycles. The Bertz CT molecular complexity index is 752. The van der Waals surface area contributed by atoms with Crippen LogP contribution in [-0.4, -0.2) is 47.3 Å². The van der Waals surface area contributed by atoms with Gasteiger partial charge in [0.1, 0.15) is 0 Å². The standard InChI is InChI=1S/C17H20N2O4/c1-18-9-5-7-12(16(20)23-2)15(18)14-10-11-6-3-4-8-13(11)19(14)17(21)22/h3-4,6,8,10,12,15H,5,7,9H2,1-2H3,(H,21,22). The maximum Gasteiger partial charge on any atom is 0.416 e. The summed E-state index contributed by atoms with van der Waals surface area (Å²) >= 11 is 0. The molecule has 2 unspecified atom stereocenters. The number of likely N-dealkylation sites (tertiary alicyclic amines) is 1. The Morgan fingerprint density at radius 2 is 2.04 bits per heavy atom. The molecule has 0 bridgehead atoms. The van der Waals surface area contributed by atoms with Gasteiger partial charge in [-0.2, -0.15) is 0 Å². The number of carboxylic acid groups (broad SMARTS) is 1. The minimum Gasteiger partial charge on any atom is -0.469 e. The van der Waals surface area contributed by atoms with E-state index in [0.29, 0.717) is 17.6 Å². The zero-order valence-corrected chi connectivity index (χ0v) is 13.2. The molecule has 0 amide bonds. The average Bonchev–Trinajstić information content (AvgIpc) is 2.92. The molecule has 2 aromatic rings. The number of rotatable bonds is 2. The topological polar surface area (TPSA) is 71.8 Å². The van der Waals surface area contributed by atoms with Crippen molar-refractivity contribution in [3.05, 3.63) is 36.0 Å². The van der Waals surface area contributed by atoms with Crippen LogP contribution in [0, 0.1) is 5.92 Å². The number of para-hydroxylation sites is 1. The molecule has 23 heavy (non-hydrogen) atoms. The molecule has 1 aliphatic rings.